The van der Waals surface area contributed by atoms with Gasteiger partial charge < -0.3 is 0 Å². The van der Waals surface area contributed by atoms with E-state index in [4.69, 9.17) is 12.2 Å². The summed E-state index contributed by atoms with van der Waals surface area (Å²) in [4.78, 5) is 0. The summed E-state index contributed by atoms with van der Waals surface area (Å²) in [6.07, 6.45) is 0. The van der Waals surface area contributed by atoms with Gasteiger partial charge in [-0.1, -0.05) is 0 Å². The topological polar surface area (TPSA) is 57.5 Å². The largest absolute Gasteiger partial charge is 0 e. The third-order valence-electron chi connectivity index (χ3n) is 0. The molecule has 0 aromatic rings. The Labute approximate surface area is 72.6 Å². The first-order valence-corrected chi connectivity index (χ1v) is 2.76. The Morgan fingerprint density at radius 2 is 1.33 bits per heavy atom. The van der Waals surface area contributed by atoms with Crippen molar-refractivity contribution in [2.45, 2.75) is 0 Å². The maximum absolute atomic E-state index is 8.76. The predicted octanol–water partition coefficient (Wildman–Crippen LogP) is -2.64. The van der Waals surface area contributed by atoms with Crippen molar-refractivity contribution in [1.29, 1.82) is 0 Å². The van der Waals surface area contributed by atoms with Crippen LogP contribution < -0.4 is 0 Å². The van der Waals surface area contributed by atoms with Crippen LogP contribution in [0.3, 0.4) is 0 Å². The molecule has 0 bridgehead atoms. The van der Waals surface area contributed by atoms with Gasteiger partial charge in [0.05, 0.1) is 0 Å². The molecule has 6 heteroatoms. The van der Waals surface area contributed by atoms with Crippen LogP contribution >= 0.6 is 0 Å². The Morgan fingerprint density at radius 3 is 1.33 bits per heavy atom. The van der Waals surface area contributed by atoms with E-state index in [-0.39, 0.29) is 46.6 Å². The summed E-state index contributed by atoms with van der Waals surface area (Å²) in [6.45, 7) is 0. The van der Waals surface area contributed by atoms with E-state index in [1.807, 2.05) is 0 Å². The first kappa shape index (κ1) is 15.7. The summed E-state index contributed by atoms with van der Waals surface area (Å²) in [6, 6.07) is 0. The average Bonchev–Trinajstić information content (AvgIpc) is 0.811. The molecule has 0 spiro atoms. The van der Waals surface area contributed by atoms with Crippen molar-refractivity contribution < 1.29 is 12.2 Å². The third-order valence-corrected chi connectivity index (χ3v) is 0. The molecule has 34 valence electrons. The fraction of sp³-hybridized carbons (Fsp3) is 0. The van der Waals surface area contributed by atoms with Gasteiger partial charge in [-0.25, -0.2) is 0 Å². The van der Waals surface area contributed by atoms with Crippen molar-refractivity contribution in [3.63, 3.8) is 0 Å². The van der Waals surface area contributed by atoms with Crippen molar-refractivity contribution in [2.24, 2.45) is 0 Å². The Morgan fingerprint density at radius 1 is 1.33 bits per heavy atom. The summed E-state index contributed by atoms with van der Waals surface area (Å²) in [7, 11) is 0. The van der Waals surface area contributed by atoms with Crippen molar-refractivity contribution in [1.82, 2.24) is 0 Å². The Bertz CT molecular complexity index is 31.8. The minimum Gasteiger partial charge on any atom is 0 e. The zero-order valence-electron chi connectivity index (χ0n) is 2.12. The summed E-state index contributed by atoms with van der Waals surface area (Å²) in [5, 5.41) is 0. The standard InChI is InChI=1S/Na.H2O3Se.Se.H/c;1-4(2)3;;/h;(H2,1,2,3);;. The fourth-order valence-corrected chi connectivity index (χ4v) is 0. The summed E-state index contributed by atoms with van der Waals surface area (Å²) >= 11 is -3.29. The zero-order valence-corrected chi connectivity index (χ0v) is 5.55. The Hall–Kier alpha value is 1.76. The van der Waals surface area contributed by atoms with Crippen molar-refractivity contribution in [2.75, 3.05) is 0 Å². The second kappa shape index (κ2) is 9.90. The van der Waals surface area contributed by atoms with Gasteiger partial charge in [0.2, 0.25) is 0 Å². The zero-order chi connectivity index (χ0) is 3.58. The molecule has 0 aliphatic carbocycles. The maximum atomic E-state index is 8.76. The quantitative estimate of drug-likeness (QED) is 0.449. The molecular formula is H3NaO3Se2. The van der Waals surface area contributed by atoms with E-state index in [1.54, 1.807) is 0 Å². The molecule has 0 unspecified atom stereocenters. The van der Waals surface area contributed by atoms with Gasteiger partial charge in [0.25, 0.3) is 0 Å². The van der Waals surface area contributed by atoms with Crippen LogP contribution in [0.4, 0.5) is 0 Å². The maximum Gasteiger partial charge on any atom is 0 e. The average molecular weight is 232 g/mol. The minimum absolute atomic E-state index is 0. The first-order chi connectivity index (χ1) is 1.73. The molecule has 6 heavy (non-hydrogen) atoms. The Kier molecular flexibility index (Phi) is 25.8. The van der Waals surface area contributed by atoms with E-state index in [1.165, 1.54) is 0 Å². The number of hydrogen-bond acceptors (Lipinski definition) is 1. The molecular weight excluding hydrogens is 229 g/mol. The second-order valence-electron chi connectivity index (χ2n) is 0.231. The molecule has 2 N–H and O–H groups in total. The van der Waals surface area contributed by atoms with Crippen LogP contribution in [0.2, 0.25) is 0 Å². The molecule has 0 aliphatic rings. The monoisotopic (exact) mass is 234 g/mol. The third kappa shape index (κ3) is 42.2. The molecule has 0 aromatic carbocycles. The van der Waals surface area contributed by atoms with Gasteiger partial charge in [-0.2, -0.15) is 0 Å². The summed E-state index contributed by atoms with van der Waals surface area (Å²) < 4.78 is 23.1. The van der Waals surface area contributed by atoms with Gasteiger partial charge in [-0.3, -0.25) is 0 Å². The van der Waals surface area contributed by atoms with Crippen LogP contribution in [0.1, 0.15) is 0 Å². The molecule has 0 saturated heterocycles. The van der Waals surface area contributed by atoms with Gasteiger partial charge in [0, 0.05) is 17.1 Å². The smallest absolute Gasteiger partial charge is 0 e. The van der Waals surface area contributed by atoms with Gasteiger partial charge in [-0.15, -0.1) is 0 Å². The van der Waals surface area contributed by atoms with Crippen molar-refractivity contribution in [3.8, 4) is 0 Å². The Balaban J connectivity index is -0.0000000450. The molecule has 0 aromatic heterocycles. The molecule has 0 amide bonds. The molecule has 0 rings (SSSR count). The summed E-state index contributed by atoms with van der Waals surface area (Å²) in [5.74, 6) is 0. The first-order valence-electron chi connectivity index (χ1n) is 0.532. The van der Waals surface area contributed by atoms with Gasteiger partial charge in [0.1, 0.15) is 0 Å². The minimum atomic E-state index is -3.29. The molecule has 0 fully saturated rings. The molecule has 0 saturated carbocycles. The molecule has 0 heterocycles. The predicted molar refractivity (Wildman–Crippen MR) is 23.8 cm³/mol. The molecule has 3 nitrogen and oxygen atoms in total. The normalized spacial score (nSPS) is 5.83. The van der Waals surface area contributed by atoms with Gasteiger partial charge in [0.15, 0.2) is 0 Å². The van der Waals surface area contributed by atoms with E-state index in [0.29, 0.717) is 0 Å². The molecule has 0 atom stereocenters. The van der Waals surface area contributed by atoms with Crippen LogP contribution in [-0.2, 0) is 3.83 Å². The second-order valence-corrected chi connectivity index (χ2v) is 1.20. The van der Waals surface area contributed by atoms with Crippen LogP contribution in [0.25, 0.3) is 0 Å². The van der Waals surface area contributed by atoms with E-state index in [9.17, 15) is 0 Å². The molecule has 2 radical (unpaired) electrons. The van der Waals surface area contributed by atoms with Crippen LogP contribution in [0, 0.1) is 0 Å². The number of rotatable bonds is 0. The SMILES string of the molecule is O=[Se](O)O.[NaH].[Se]. The van der Waals surface area contributed by atoms with E-state index >= 15 is 0 Å². The van der Waals surface area contributed by atoms with E-state index in [0.717, 1.165) is 0 Å². The summed E-state index contributed by atoms with van der Waals surface area (Å²) in [5.41, 5.74) is 0. The fourth-order valence-electron chi connectivity index (χ4n) is 0. The number of hydrogen-bond donors (Lipinski definition) is 2. The van der Waals surface area contributed by atoms with Gasteiger partial charge >= 0.3 is 56.3 Å². The van der Waals surface area contributed by atoms with Crippen molar-refractivity contribution in [3.05, 3.63) is 0 Å². The molecule has 0 aliphatic heterocycles. The van der Waals surface area contributed by atoms with E-state index < -0.39 is 14.5 Å². The van der Waals surface area contributed by atoms with Crippen LogP contribution in [0.15, 0.2) is 0 Å². The van der Waals surface area contributed by atoms with Crippen molar-refractivity contribution >= 4 is 61.1 Å². The van der Waals surface area contributed by atoms with Gasteiger partial charge in [-0.05, 0) is 0 Å². The van der Waals surface area contributed by atoms with Crippen LogP contribution in [0.5, 0.6) is 0 Å². The van der Waals surface area contributed by atoms with Crippen LogP contribution in [-0.4, -0.2) is 69.5 Å². The van der Waals surface area contributed by atoms with E-state index in [2.05, 4.69) is 0 Å².